The molecule has 0 aliphatic heterocycles. The van der Waals surface area contributed by atoms with Crippen LogP contribution in [0.5, 0.6) is 0 Å². The minimum atomic E-state index is -5.39. The largest absolute Gasteiger partial charge is 2.00 e. The molecule has 0 N–H and O–H groups in total. The summed E-state index contributed by atoms with van der Waals surface area (Å²) in [4.78, 5) is 25.6. The van der Waals surface area contributed by atoms with Gasteiger partial charge in [-0.05, 0) is 0 Å². The fourth-order valence-electron chi connectivity index (χ4n) is 0. The van der Waals surface area contributed by atoms with E-state index in [1.165, 1.54) is 0 Å². The maximum Gasteiger partial charge on any atom is 2.00 e. The van der Waals surface area contributed by atoms with Crippen molar-refractivity contribution < 1.29 is 81.5 Å². The molecule has 0 atom stereocenters. The Labute approximate surface area is 184 Å². The third-order valence-electron chi connectivity index (χ3n) is 0. The van der Waals surface area contributed by atoms with E-state index in [1.54, 1.807) is 0 Å². The number of hydrogen-bond donors (Lipinski definition) is 0. The Bertz CT molecular complexity index is 87.4. The zero-order valence-corrected chi connectivity index (χ0v) is 16.2. The Morgan fingerprint density at radius 2 is 0.917 bits per heavy atom. The van der Waals surface area contributed by atoms with Crippen LogP contribution in [0.3, 0.4) is 0 Å². The molecule has 0 aromatic carbocycles. The SMILES string of the molecule is O=P([O-])([O-])[O-].S.S.[Ba+2].[H-].[H-].[H-].[H-].[Li+].[Li+].[Li+].[Mg+2]. The van der Waals surface area contributed by atoms with Crippen LogP contribution >= 0.6 is 34.8 Å². The van der Waals surface area contributed by atoms with Crippen LogP contribution in [0.15, 0.2) is 0 Å². The second kappa shape index (κ2) is 29.7. The smallest absolute Gasteiger partial charge is 1.00 e. The van der Waals surface area contributed by atoms with Crippen LogP contribution < -0.4 is 71.3 Å². The summed E-state index contributed by atoms with van der Waals surface area (Å²) >= 11 is 0. The van der Waals surface area contributed by atoms with Crippen molar-refractivity contribution in [2.24, 2.45) is 0 Å². The summed E-state index contributed by atoms with van der Waals surface area (Å²) in [5, 5.41) is 0. The third kappa shape index (κ3) is 119. The fraction of sp³-hybridized carbons (Fsp3) is 0. The summed E-state index contributed by atoms with van der Waals surface area (Å²) in [6.45, 7) is 0. The predicted octanol–water partition coefficient (Wildman–Crippen LogP) is -11.9. The topological polar surface area (TPSA) is 86.2 Å². The molecule has 0 radical (unpaired) electrons. The molecule has 0 aliphatic carbocycles. The first-order chi connectivity index (χ1) is 2.00. The molecule has 0 saturated heterocycles. The van der Waals surface area contributed by atoms with Gasteiger partial charge in [-0.15, -0.1) is 0 Å². The van der Waals surface area contributed by atoms with Crippen molar-refractivity contribution in [1.82, 2.24) is 0 Å². The van der Waals surface area contributed by atoms with Gasteiger partial charge in [0.2, 0.25) is 0 Å². The van der Waals surface area contributed by atoms with Crippen molar-refractivity contribution in [2.45, 2.75) is 0 Å². The Hall–Kier alpha value is 4.94. The first-order valence-electron chi connectivity index (χ1n) is 0.730. The van der Waals surface area contributed by atoms with Gasteiger partial charge in [-0.2, -0.15) is 34.8 Å². The average molecular weight is 350 g/mol. The molecule has 0 aromatic heterocycles. The van der Waals surface area contributed by atoms with E-state index in [-0.39, 0.29) is 161 Å². The molecular weight excluding hydrogens is 342 g/mol. The van der Waals surface area contributed by atoms with Gasteiger partial charge in [0, 0.05) is 0 Å². The van der Waals surface area contributed by atoms with Gasteiger partial charge in [0.1, 0.15) is 0 Å². The number of phosphoric acid groups is 1. The minimum Gasteiger partial charge on any atom is -1.00 e. The van der Waals surface area contributed by atoms with Gasteiger partial charge in [0.15, 0.2) is 0 Å². The maximum atomic E-state index is 8.55. The summed E-state index contributed by atoms with van der Waals surface area (Å²) < 4.78 is 8.55. The van der Waals surface area contributed by atoms with Crippen LogP contribution in [0.1, 0.15) is 5.71 Å². The summed E-state index contributed by atoms with van der Waals surface area (Å²) in [6.07, 6.45) is 0. The van der Waals surface area contributed by atoms with Gasteiger partial charge >= 0.3 is 129 Å². The molecule has 0 aromatic rings. The predicted molar refractivity (Wildman–Crippen MR) is 44.3 cm³/mol. The van der Waals surface area contributed by atoms with E-state index >= 15 is 0 Å². The van der Waals surface area contributed by atoms with E-state index in [0.717, 1.165) is 0 Å². The molecule has 0 rings (SSSR count). The molecule has 0 bridgehead atoms. The van der Waals surface area contributed by atoms with Gasteiger partial charge in [-0.25, -0.2) is 0 Å². The van der Waals surface area contributed by atoms with Crippen LogP contribution in [0.25, 0.3) is 0 Å². The molecule has 0 aliphatic rings. The van der Waals surface area contributed by atoms with E-state index in [4.69, 9.17) is 19.2 Å². The van der Waals surface area contributed by atoms with Crippen molar-refractivity contribution in [2.75, 3.05) is 0 Å². The van der Waals surface area contributed by atoms with Crippen molar-refractivity contribution in [3.63, 3.8) is 0 Å². The van der Waals surface area contributed by atoms with Gasteiger partial charge in [0.05, 0.1) is 0 Å². The van der Waals surface area contributed by atoms with Crippen LogP contribution in [-0.4, -0.2) is 71.9 Å². The summed E-state index contributed by atoms with van der Waals surface area (Å²) in [7, 11) is -5.39. The standard InChI is InChI=1S/Ba.3Li.Mg.H3O4P.2H2S.4H/c;;;;;1-5(2,3)4;;;;;;/h;;;;;(H3,1,2,3,4);2*1H2;;;;/q+2;3*+1;+2;;;;4*-1/p-3. The Balaban J connectivity index is -0.00000000145. The van der Waals surface area contributed by atoms with Gasteiger partial charge < -0.3 is 25.0 Å². The minimum absolute atomic E-state index is 0. The molecule has 0 saturated carbocycles. The van der Waals surface area contributed by atoms with E-state index in [9.17, 15) is 0 Å². The van der Waals surface area contributed by atoms with E-state index < -0.39 is 7.82 Å². The first-order valence-corrected chi connectivity index (χ1v) is 2.19. The third-order valence-corrected chi connectivity index (χ3v) is 0. The molecule has 0 amide bonds. The molecular formula is H8BaLi3MgO4PS2. The molecule has 12 heteroatoms. The van der Waals surface area contributed by atoms with Crippen molar-refractivity contribution in [1.29, 1.82) is 0 Å². The summed E-state index contributed by atoms with van der Waals surface area (Å²) in [6, 6.07) is 0. The van der Waals surface area contributed by atoms with E-state index in [0.29, 0.717) is 0 Å². The maximum absolute atomic E-state index is 8.55. The van der Waals surface area contributed by atoms with E-state index in [2.05, 4.69) is 0 Å². The molecule has 0 unspecified atom stereocenters. The monoisotopic (exact) mass is 350 g/mol. The first kappa shape index (κ1) is 53.9. The average Bonchev–Trinajstić information content (AvgIpc) is 0.722. The van der Waals surface area contributed by atoms with Crippen molar-refractivity contribution in [3.05, 3.63) is 0 Å². The van der Waals surface area contributed by atoms with Gasteiger partial charge in [-0.1, -0.05) is 0 Å². The quantitative estimate of drug-likeness (QED) is 0.321. The molecule has 0 fully saturated rings. The number of rotatable bonds is 0. The van der Waals surface area contributed by atoms with Crippen molar-refractivity contribution >= 4 is 107 Å². The zero-order valence-electron chi connectivity index (χ0n) is 11.5. The Kier molecular flexibility index (Phi) is 133. The van der Waals surface area contributed by atoms with Crippen LogP contribution in [0.2, 0.25) is 0 Å². The molecule has 56 valence electrons. The summed E-state index contributed by atoms with van der Waals surface area (Å²) in [5.41, 5.74) is 0. The second-order valence-corrected chi connectivity index (χ2v) is 1.34. The molecule has 4 nitrogen and oxygen atoms in total. The van der Waals surface area contributed by atoms with Gasteiger partial charge in [-0.3, -0.25) is 0 Å². The zero-order chi connectivity index (χ0) is 4.50. The molecule has 12 heavy (non-hydrogen) atoms. The van der Waals surface area contributed by atoms with E-state index in [1.807, 2.05) is 0 Å². The normalized spacial score (nSPS) is 4.92. The Morgan fingerprint density at radius 3 is 0.917 bits per heavy atom. The second-order valence-electron chi connectivity index (χ2n) is 0.447. The van der Waals surface area contributed by atoms with Gasteiger partial charge in [0.25, 0.3) is 0 Å². The van der Waals surface area contributed by atoms with Crippen LogP contribution in [0.4, 0.5) is 0 Å². The van der Waals surface area contributed by atoms with Crippen LogP contribution in [0, 0.1) is 0 Å². The van der Waals surface area contributed by atoms with Crippen molar-refractivity contribution in [3.8, 4) is 0 Å². The molecule has 0 heterocycles. The number of hydrogen-bond acceptors (Lipinski definition) is 4. The van der Waals surface area contributed by atoms with Crippen LogP contribution in [-0.2, 0) is 4.57 Å². The Morgan fingerprint density at radius 1 is 0.917 bits per heavy atom. The summed E-state index contributed by atoms with van der Waals surface area (Å²) in [5.74, 6) is 0. The molecule has 0 spiro atoms. The fourth-order valence-corrected chi connectivity index (χ4v) is 0.